The van der Waals surface area contributed by atoms with Crippen LogP contribution in [0, 0.1) is 30.5 Å². The van der Waals surface area contributed by atoms with Crippen LogP contribution in [0.15, 0.2) is 36.5 Å². The Morgan fingerprint density at radius 2 is 1.90 bits per heavy atom. The molecule has 1 aromatic heterocycles. The molecule has 1 aliphatic carbocycles. The van der Waals surface area contributed by atoms with Gasteiger partial charge in [0.2, 0.25) is 0 Å². The van der Waals surface area contributed by atoms with Gasteiger partial charge in [-0.15, -0.1) is 0 Å². The fraction of sp³-hybridized carbons (Fsp3) is 0.538. The molecule has 1 unspecified atom stereocenters. The normalized spacial score (nSPS) is 19.9. The Kier molecular flexibility index (Phi) is 8.19. The maximum Gasteiger partial charge on any atom is 0.251 e. The van der Waals surface area contributed by atoms with Gasteiger partial charge in [-0.1, -0.05) is 45.7 Å². The van der Waals surface area contributed by atoms with Crippen LogP contribution in [0.2, 0.25) is 0 Å². The van der Waals surface area contributed by atoms with Gasteiger partial charge in [0, 0.05) is 23.4 Å². The van der Waals surface area contributed by atoms with Gasteiger partial charge in [0.1, 0.15) is 5.82 Å². The van der Waals surface area contributed by atoms with Gasteiger partial charge >= 0.3 is 0 Å². The van der Waals surface area contributed by atoms with Crippen LogP contribution in [0.4, 0.5) is 4.39 Å². The summed E-state index contributed by atoms with van der Waals surface area (Å²) < 4.78 is 15.0. The van der Waals surface area contributed by atoms with Crippen LogP contribution in [0.5, 0.6) is 0 Å². The number of aromatic nitrogens is 1. The number of aryl methyl sites for hydroxylation is 1. The highest BCUT2D eigenvalue weighted by atomic mass is 19.1. The first kappa shape index (κ1) is 23.4. The molecule has 0 bridgehead atoms. The van der Waals surface area contributed by atoms with E-state index in [1.165, 1.54) is 31.7 Å². The Morgan fingerprint density at radius 1 is 1.16 bits per heavy atom. The van der Waals surface area contributed by atoms with Gasteiger partial charge in [0.05, 0.1) is 12.2 Å². The van der Waals surface area contributed by atoms with Crippen LogP contribution in [0.25, 0.3) is 0 Å². The van der Waals surface area contributed by atoms with E-state index < -0.39 is 0 Å². The summed E-state index contributed by atoms with van der Waals surface area (Å²) in [6.45, 7) is 9.74. The van der Waals surface area contributed by atoms with Crippen molar-refractivity contribution in [3.8, 4) is 0 Å². The van der Waals surface area contributed by atoms with Crippen molar-refractivity contribution >= 4 is 5.91 Å². The van der Waals surface area contributed by atoms with E-state index in [0.717, 1.165) is 23.7 Å². The lowest BCUT2D eigenvalue weighted by molar-refractivity contribution is 0.0950. The summed E-state index contributed by atoms with van der Waals surface area (Å²) in [6.07, 6.45) is 6.83. The highest BCUT2D eigenvalue weighted by Crippen LogP contribution is 2.30. The molecule has 5 heteroatoms. The summed E-state index contributed by atoms with van der Waals surface area (Å²) in [7, 11) is 0. The quantitative estimate of drug-likeness (QED) is 0.581. The lowest BCUT2D eigenvalue weighted by Gasteiger charge is -2.30. The molecule has 2 aromatic rings. The Morgan fingerprint density at radius 3 is 2.52 bits per heavy atom. The Hall–Kier alpha value is -2.27. The van der Waals surface area contributed by atoms with Crippen molar-refractivity contribution < 1.29 is 9.18 Å². The van der Waals surface area contributed by atoms with E-state index in [-0.39, 0.29) is 23.7 Å². The third-order valence-electron chi connectivity index (χ3n) is 6.43. The van der Waals surface area contributed by atoms with Crippen LogP contribution in [0.3, 0.4) is 0 Å². The lowest BCUT2D eigenvalue weighted by Crippen LogP contribution is -2.32. The number of hydrogen-bond acceptors (Lipinski definition) is 3. The molecule has 0 aliphatic heterocycles. The summed E-state index contributed by atoms with van der Waals surface area (Å²) in [6, 6.07) is 8.60. The number of halogens is 1. The van der Waals surface area contributed by atoms with Gasteiger partial charge < -0.3 is 10.6 Å². The molecule has 1 fully saturated rings. The average molecular weight is 426 g/mol. The summed E-state index contributed by atoms with van der Waals surface area (Å²) in [4.78, 5) is 16.8. The third kappa shape index (κ3) is 6.60. The molecule has 3 rings (SSSR count). The van der Waals surface area contributed by atoms with E-state index in [0.29, 0.717) is 23.6 Å². The fourth-order valence-electron chi connectivity index (χ4n) is 4.33. The van der Waals surface area contributed by atoms with E-state index >= 15 is 4.39 Å². The van der Waals surface area contributed by atoms with Gasteiger partial charge in [0.15, 0.2) is 0 Å². The first-order valence-corrected chi connectivity index (χ1v) is 11.6. The summed E-state index contributed by atoms with van der Waals surface area (Å²) in [5, 5.41) is 6.43. The van der Waals surface area contributed by atoms with Gasteiger partial charge in [-0.25, -0.2) is 4.39 Å². The van der Waals surface area contributed by atoms with E-state index in [2.05, 4.69) is 36.4 Å². The molecule has 0 spiro atoms. The van der Waals surface area contributed by atoms with Gasteiger partial charge in [-0.3, -0.25) is 9.78 Å². The third-order valence-corrected chi connectivity index (χ3v) is 6.43. The monoisotopic (exact) mass is 425 g/mol. The van der Waals surface area contributed by atoms with Crippen LogP contribution in [0.1, 0.15) is 79.7 Å². The number of carbonyl (C=O) groups excluding carboxylic acids is 1. The number of rotatable bonds is 8. The second-order valence-corrected chi connectivity index (χ2v) is 9.50. The molecule has 1 aliphatic rings. The fourth-order valence-corrected chi connectivity index (χ4v) is 4.33. The largest absolute Gasteiger partial charge is 0.346 e. The van der Waals surface area contributed by atoms with Crippen molar-refractivity contribution in [3.05, 3.63) is 64.7 Å². The Labute approximate surface area is 186 Å². The SMILES string of the molecule is Cc1ccc(CNC(=O)c2ccc(C(NCC3CCC(C)CC3)C(C)C)c(F)c2)nc1. The molecule has 2 N–H and O–H groups in total. The molecule has 1 aromatic carbocycles. The number of pyridine rings is 1. The molecule has 168 valence electrons. The van der Waals surface area contributed by atoms with Crippen molar-refractivity contribution in [2.45, 2.75) is 66.0 Å². The molecule has 0 radical (unpaired) electrons. The molecule has 1 amide bonds. The first-order valence-electron chi connectivity index (χ1n) is 11.6. The van der Waals surface area contributed by atoms with E-state index in [9.17, 15) is 4.79 Å². The number of carbonyl (C=O) groups is 1. The van der Waals surface area contributed by atoms with Crippen molar-refractivity contribution in [2.24, 2.45) is 17.8 Å². The zero-order chi connectivity index (χ0) is 22.4. The number of amides is 1. The van der Waals surface area contributed by atoms with Crippen molar-refractivity contribution in [2.75, 3.05) is 6.54 Å². The molecule has 1 heterocycles. The zero-order valence-electron chi connectivity index (χ0n) is 19.2. The highest BCUT2D eigenvalue weighted by molar-refractivity contribution is 5.94. The second-order valence-electron chi connectivity index (χ2n) is 9.50. The number of benzene rings is 1. The maximum atomic E-state index is 15.0. The van der Waals surface area contributed by atoms with E-state index in [1.54, 1.807) is 18.3 Å². The number of nitrogens with zero attached hydrogens (tertiary/aromatic N) is 1. The smallest absolute Gasteiger partial charge is 0.251 e. The first-order chi connectivity index (χ1) is 14.8. The molecular weight excluding hydrogens is 389 g/mol. The van der Waals surface area contributed by atoms with E-state index in [1.807, 2.05) is 19.1 Å². The van der Waals surface area contributed by atoms with Crippen LogP contribution in [-0.2, 0) is 6.54 Å². The minimum Gasteiger partial charge on any atom is -0.346 e. The summed E-state index contributed by atoms with van der Waals surface area (Å²) >= 11 is 0. The summed E-state index contributed by atoms with van der Waals surface area (Å²) in [5.41, 5.74) is 2.81. The van der Waals surface area contributed by atoms with Crippen LogP contribution < -0.4 is 10.6 Å². The average Bonchev–Trinajstić information content (AvgIpc) is 2.75. The predicted molar refractivity (Wildman–Crippen MR) is 123 cm³/mol. The topological polar surface area (TPSA) is 54.0 Å². The second kappa shape index (κ2) is 10.9. The number of nitrogens with one attached hydrogen (secondary N) is 2. The highest BCUT2D eigenvalue weighted by Gasteiger charge is 2.23. The molecule has 4 nitrogen and oxygen atoms in total. The Balaban J connectivity index is 1.61. The van der Waals surface area contributed by atoms with Crippen molar-refractivity contribution in [1.29, 1.82) is 0 Å². The Bertz CT molecular complexity index is 857. The van der Waals surface area contributed by atoms with Gasteiger partial charge in [0.25, 0.3) is 5.91 Å². The molecule has 31 heavy (non-hydrogen) atoms. The minimum absolute atomic E-state index is 0.0618. The zero-order valence-corrected chi connectivity index (χ0v) is 19.2. The van der Waals surface area contributed by atoms with Crippen LogP contribution >= 0.6 is 0 Å². The molecular formula is C26H36FN3O. The maximum absolute atomic E-state index is 15.0. The summed E-state index contributed by atoms with van der Waals surface area (Å²) in [5.74, 6) is 1.13. The van der Waals surface area contributed by atoms with Crippen molar-refractivity contribution in [1.82, 2.24) is 15.6 Å². The molecule has 0 saturated heterocycles. The minimum atomic E-state index is -0.329. The standard InChI is InChI=1S/C26H36FN3O/c1-17(2)25(29-15-20-8-5-18(3)6-9-20)23-12-10-21(13-24(23)27)26(31)30-16-22-11-7-19(4)14-28-22/h7,10-14,17-18,20,25,29H,5-6,8-9,15-16H2,1-4H3,(H,30,31). The lowest BCUT2D eigenvalue weighted by atomic mass is 9.82. The number of hydrogen-bond donors (Lipinski definition) is 2. The van der Waals surface area contributed by atoms with Gasteiger partial charge in [-0.2, -0.15) is 0 Å². The van der Waals surface area contributed by atoms with Gasteiger partial charge in [-0.05, 0) is 67.8 Å². The van der Waals surface area contributed by atoms with Crippen LogP contribution in [-0.4, -0.2) is 17.4 Å². The predicted octanol–water partition coefficient (Wildman–Crippen LogP) is 5.57. The molecule has 1 saturated carbocycles. The van der Waals surface area contributed by atoms with E-state index in [4.69, 9.17) is 0 Å². The van der Waals surface area contributed by atoms with Crippen molar-refractivity contribution in [3.63, 3.8) is 0 Å². The molecule has 1 atom stereocenters.